The molecule has 0 aromatic heterocycles. The van der Waals surface area contributed by atoms with Crippen LogP contribution in [-0.2, 0) is 0 Å². The Balaban J connectivity index is -0.0000000204. The van der Waals surface area contributed by atoms with Gasteiger partial charge in [0.2, 0.25) is 0 Å². The molecule has 6 heteroatoms. The number of hydrogen-bond donors (Lipinski definition) is 1. The Morgan fingerprint density at radius 2 is 1.17 bits per heavy atom. The van der Waals surface area contributed by atoms with Gasteiger partial charge in [-0.25, -0.2) is 0 Å². The van der Waals surface area contributed by atoms with Crippen LogP contribution in [0.3, 0.4) is 0 Å². The van der Waals surface area contributed by atoms with Gasteiger partial charge in [0.1, 0.15) is 5.75 Å². The Kier molecular flexibility index (Phi) is 42.3. The second-order valence-electron chi connectivity index (χ2n) is 1.34. The summed E-state index contributed by atoms with van der Waals surface area (Å²) >= 11 is 0. The van der Waals surface area contributed by atoms with Crippen molar-refractivity contribution >= 4 is 0 Å². The summed E-state index contributed by atoms with van der Waals surface area (Å²) in [4.78, 5) is 0. The van der Waals surface area contributed by atoms with Crippen LogP contribution in [0.25, 0.3) is 0 Å². The molecule has 0 bridgehead atoms. The van der Waals surface area contributed by atoms with Gasteiger partial charge < -0.3 is 28.4 Å². The van der Waals surface area contributed by atoms with Crippen molar-refractivity contribution < 1.29 is 58.0 Å². The van der Waals surface area contributed by atoms with Gasteiger partial charge in [-0.3, -0.25) is 0 Å². The molecule has 0 radical (unpaired) electrons. The molecule has 0 aliphatic rings. The normalized spacial score (nSPS) is 5.00. The Morgan fingerprint density at radius 3 is 1.33 bits per heavy atom. The number of phenolic OH excluding ortho intramolecular Hbond substituents is 1. The summed E-state index contributed by atoms with van der Waals surface area (Å²) in [7, 11) is 0. The molecule has 0 spiro atoms. The van der Waals surface area contributed by atoms with E-state index in [1.54, 1.807) is 24.3 Å². The first kappa shape index (κ1) is 29.7. The standard InChI is InChI=1S/C6H6O.Na.4H2O.H/c7-6-4-2-1-3-5-6;;;;;;/h1-5,7H;;4*1H2;/q;+1;;;;;-1. The number of benzene rings is 1. The maximum atomic E-state index is 8.63. The van der Waals surface area contributed by atoms with Gasteiger partial charge in [0.15, 0.2) is 0 Å². The van der Waals surface area contributed by atoms with Gasteiger partial charge in [0.25, 0.3) is 0 Å². The van der Waals surface area contributed by atoms with Crippen LogP contribution in [0.15, 0.2) is 30.3 Å². The topological polar surface area (TPSA) is 146 Å². The molecule has 1 rings (SSSR count). The first-order valence-corrected chi connectivity index (χ1v) is 2.13. The number of phenols is 1. The van der Waals surface area contributed by atoms with E-state index in [0.717, 1.165) is 0 Å². The SMILES string of the molecule is O.O.O.O.Oc1ccccc1.[H-].[Na+]. The predicted molar refractivity (Wildman–Crippen MR) is 43.7 cm³/mol. The third kappa shape index (κ3) is 12.5. The molecule has 0 heterocycles. The molecule has 0 saturated heterocycles. The minimum Gasteiger partial charge on any atom is -1.00 e. The average Bonchev–Trinajstić information content (AvgIpc) is 1.69. The zero-order valence-electron chi connectivity index (χ0n) is 7.83. The van der Waals surface area contributed by atoms with Crippen LogP contribution in [0.5, 0.6) is 5.75 Å². The van der Waals surface area contributed by atoms with E-state index in [1.807, 2.05) is 6.07 Å². The van der Waals surface area contributed by atoms with Gasteiger partial charge in [-0.15, -0.1) is 0 Å². The molecule has 1 aromatic carbocycles. The molecular formula is C6H15NaO5. The van der Waals surface area contributed by atoms with E-state index >= 15 is 0 Å². The van der Waals surface area contributed by atoms with E-state index < -0.39 is 0 Å². The van der Waals surface area contributed by atoms with E-state index in [2.05, 4.69) is 0 Å². The summed E-state index contributed by atoms with van der Waals surface area (Å²) in [6, 6.07) is 8.71. The van der Waals surface area contributed by atoms with E-state index in [1.165, 1.54) is 0 Å². The summed E-state index contributed by atoms with van der Waals surface area (Å²) in [5, 5.41) is 8.63. The smallest absolute Gasteiger partial charge is 1.00 e. The Labute approximate surface area is 94.0 Å². The van der Waals surface area contributed by atoms with Crippen LogP contribution in [0.4, 0.5) is 0 Å². The Hall–Kier alpha value is -0.140. The zero-order valence-corrected chi connectivity index (χ0v) is 8.83. The van der Waals surface area contributed by atoms with Gasteiger partial charge in [-0.2, -0.15) is 0 Å². The van der Waals surface area contributed by atoms with E-state index in [4.69, 9.17) is 5.11 Å². The van der Waals surface area contributed by atoms with Crippen LogP contribution in [0.1, 0.15) is 1.43 Å². The van der Waals surface area contributed by atoms with E-state index in [9.17, 15) is 0 Å². The number of hydrogen-bond acceptors (Lipinski definition) is 1. The largest absolute Gasteiger partial charge is 1.00 e. The molecular weight excluding hydrogens is 175 g/mol. The summed E-state index contributed by atoms with van der Waals surface area (Å²) in [6.07, 6.45) is 0. The molecule has 9 N–H and O–H groups in total. The van der Waals surface area contributed by atoms with Crippen LogP contribution >= 0.6 is 0 Å². The van der Waals surface area contributed by atoms with Crippen molar-refractivity contribution in [1.82, 2.24) is 0 Å². The van der Waals surface area contributed by atoms with Crippen LogP contribution in [0, 0.1) is 0 Å². The molecule has 0 aliphatic heterocycles. The molecule has 0 fully saturated rings. The Morgan fingerprint density at radius 1 is 0.833 bits per heavy atom. The van der Waals surface area contributed by atoms with Crippen LogP contribution in [-0.4, -0.2) is 27.0 Å². The summed E-state index contributed by atoms with van der Waals surface area (Å²) in [5.74, 6) is 0.322. The third-order valence-electron chi connectivity index (χ3n) is 0.756. The minimum atomic E-state index is 0. The van der Waals surface area contributed by atoms with Crippen molar-refractivity contribution in [2.24, 2.45) is 0 Å². The molecule has 0 unspecified atom stereocenters. The second-order valence-corrected chi connectivity index (χ2v) is 1.34. The monoisotopic (exact) mass is 190 g/mol. The maximum absolute atomic E-state index is 8.63. The van der Waals surface area contributed by atoms with Crippen molar-refractivity contribution in [3.05, 3.63) is 30.3 Å². The molecule has 1 aromatic rings. The molecule has 0 saturated carbocycles. The van der Waals surface area contributed by atoms with Crippen molar-refractivity contribution in [1.29, 1.82) is 0 Å². The molecule has 5 nitrogen and oxygen atoms in total. The van der Waals surface area contributed by atoms with Gasteiger partial charge in [0, 0.05) is 0 Å². The Bertz CT molecular complexity index is 151. The van der Waals surface area contributed by atoms with Crippen molar-refractivity contribution in [3.63, 3.8) is 0 Å². The van der Waals surface area contributed by atoms with Crippen molar-refractivity contribution in [3.8, 4) is 5.75 Å². The van der Waals surface area contributed by atoms with Gasteiger partial charge in [0.05, 0.1) is 0 Å². The predicted octanol–water partition coefficient (Wildman–Crippen LogP) is -4.79. The van der Waals surface area contributed by atoms with E-state index in [0.29, 0.717) is 5.75 Å². The molecule has 12 heavy (non-hydrogen) atoms. The third-order valence-corrected chi connectivity index (χ3v) is 0.756. The maximum Gasteiger partial charge on any atom is 1.00 e. The summed E-state index contributed by atoms with van der Waals surface area (Å²) in [6.45, 7) is 0. The zero-order chi connectivity index (χ0) is 5.11. The van der Waals surface area contributed by atoms with Crippen LogP contribution in [0.2, 0.25) is 0 Å². The summed E-state index contributed by atoms with van der Waals surface area (Å²) in [5.41, 5.74) is 0. The number of aromatic hydroxyl groups is 1. The fourth-order valence-electron chi connectivity index (χ4n) is 0.428. The van der Waals surface area contributed by atoms with Crippen molar-refractivity contribution in [2.75, 3.05) is 0 Å². The number of rotatable bonds is 0. The van der Waals surface area contributed by atoms with E-state index in [-0.39, 0.29) is 52.9 Å². The van der Waals surface area contributed by atoms with Gasteiger partial charge in [-0.05, 0) is 12.1 Å². The quantitative estimate of drug-likeness (QED) is 0.402. The molecule has 0 atom stereocenters. The summed E-state index contributed by atoms with van der Waals surface area (Å²) < 4.78 is 0. The average molecular weight is 190 g/mol. The first-order chi connectivity index (χ1) is 3.39. The van der Waals surface area contributed by atoms with Gasteiger partial charge in [-0.1, -0.05) is 18.2 Å². The van der Waals surface area contributed by atoms with Gasteiger partial charge >= 0.3 is 29.6 Å². The second kappa shape index (κ2) is 17.1. The first-order valence-electron chi connectivity index (χ1n) is 2.13. The van der Waals surface area contributed by atoms with Crippen LogP contribution < -0.4 is 29.6 Å². The molecule has 0 aliphatic carbocycles. The minimum absolute atomic E-state index is 0. The molecule has 70 valence electrons. The fourth-order valence-corrected chi connectivity index (χ4v) is 0.428. The van der Waals surface area contributed by atoms with Crippen molar-refractivity contribution in [2.45, 2.75) is 0 Å². The molecule has 0 amide bonds. The number of para-hydroxylation sites is 1. The fraction of sp³-hybridized carbons (Fsp3) is 0.